The number of ether oxygens (including phenoxy) is 1. The zero-order valence-electron chi connectivity index (χ0n) is 11.3. The minimum absolute atomic E-state index is 0.153. The predicted octanol–water partition coefficient (Wildman–Crippen LogP) is 2.46. The molecule has 0 unspecified atom stereocenters. The van der Waals surface area contributed by atoms with E-state index in [1.807, 2.05) is 0 Å². The van der Waals surface area contributed by atoms with E-state index < -0.39 is 5.97 Å². The Balaban J connectivity index is 2.17. The van der Waals surface area contributed by atoms with Crippen molar-refractivity contribution in [1.29, 1.82) is 0 Å². The summed E-state index contributed by atoms with van der Waals surface area (Å²) in [7, 11) is 1.61. The summed E-state index contributed by atoms with van der Waals surface area (Å²) in [4.78, 5) is 22.4. The molecule has 0 atom stereocenters. The minimum atomic E-state index is -0.970. The lowest BCUT2D eigenvalue weighted by Gasteiger charge is -2.11. The third kappa shape index (κ3) is 2.29. The molecule has 0 spiro atoms. The summed E-state index contributed by atoms with van der Waals surface area (Å²) in [5.74, 6) is -0.419. The van der Waals surface area contributed by atoms with Crippen molar-refractivity contribution in [1.82, 2.24) is 9.97 Å². The predicted molar refractivity (Wildman–Crippen MR) is 76.6 cm³/mol. The Morgan fingerprint density at radius 1 is 1.35 bits per heavy atom. The summed E-state index contributed by atoms with van der Waals surface area (Å²) >= 11 is 1.62. The number of carbonyl (C=O) groups is 1. The second-order valence-corrected chi connectivity index (χ2v) is 6.01. The maximum atomic E-state index is 11.5. The molecule has 5 nitrogen and oxygen atoms in total. The number of aromatic carboxylic acids is 1. The van der Waals surface area contributed by atoms with Gasteiger partial charge in [0, 0.05) is 23.8 Å². The average molecular weight is 292 g/mol. The van der Waals surface area contributed by atoms with E-state index in [0.717, 1.165) is 35.0 Å². The number of carboxylic acids is 1. The molecule has 20 heavy (non-hydrogen) atoms. The molecule has 0 fully saturated rings. The van der Waals surface area contributed by atoms with Gasteiger partial charge in [0.05, 0.1) is 6.61 Å². The van der Waals surface area contributed by atoms with Crippen LogP contribution in [0.1, 0.15) is 39.6 Å². The summed E-state index contributed by atoms with van der Waals surface area (Å²) in [5, 5.41) is 10.2. The van der Waals surface area contributed by atoms with Gasteiger partial charge in [0.25, 0.3) is 0 Å². The van der Waals surface area contributed by atoms with E-state index in [-0.39, 0.29) is 5.69 Å². The zero-order chi connectivity index (χ0) is 14.1. The zero-order valence-corrected chi connectivity index (χ0v) is 12.1. The van der Waals surface area contributed by atoms with E-state index in [1.54, 1.807) is 18.4 Å². The van der Waals surface area contributed by atoms with Crippen LogP contribution < -0.4 is 0 Å². The Morgan fingerprint density at radius 2 is 2.15 bits per heavy atom. The van der Waals surface area contributed by atoms with E-state index in [1.165, 1.54) is 11.3 Å². The maximum absolute atomic E-state index is 11.5. The molecule has 0 saturated heterocycles. The van der Waals surface area contributed by atoms with Crippen molar-refractivity contribution in [3.05, 3.63) is 22.0 Å². The number of aryl methyl sites for hydroxylation is 2. The molecule has 1 aliphatic rings. The number of rotatable bonds is 4. The van der Waals surface area contributed by atoms with E-state index in [0.29, 0.717) is 18.9 Å². The average Bonchev–Trinajstić information content (AvgIpc) is 2.82. The van der Waals surface area contributed by atoms with Crippen LogP contribution in [-0.2, 0) is 24.0 Å². The smallest absolute Gasteiger partial charge is 0.355 e. The summed E-state index contributed by atoms with van der Waals surface area (Å²) in [5.41, 5.74) is 1.31. The van der Waals surface area contributed by atoms with Gasteiger partial charge < -0.3 is 9.84 Å². The Kier molecular flexibility index (Phi) is 3.67. The second-order valence-electron chi connectivity index (χ2n) is 4.93. The van der Waals surface area contributed by atoms with Gasteiger partial charge in [-0.25, -0.2) is 14.8 Å². The van der Waals surface area contributed by atoms with Crippen molar-refractivity contribution in [2.45, 2.75) is 32.1 Å². The van der Waals surface area contributed by atoms with Gasteiger partial charge in [-0.15, -0.1) is 11.3 Å². The first-order valence-corrected chi connectivity index (χ1v) is 7.55. The fourth-order valence-electron chi connectivity index (χ4n) is 2.66. The highest BCUT2D eigenvalue weighted by atomic mass is 32.1. The SMILES string of the molecule is COCCc1nc(C(=O)O)c2c3c(sc2n1)CCCC3. The number of methoxy groups -OCH3 is 1. The normalized spacial score (nSPS) is 14.4. The molecule has 1 N–H and O–H groups in total. The van der Waals surface area contributed by atoms with Crippen molar-refractivity contribution in [3.63, 3.8) is 0 Å². The number of hydrogen-bond donors (Lipinski definition) is 1. The van der Waals surface area contributed by atoms with Gasteiger partial charge in [-0.3, -0.25) is 0 Å². The molecular weight excluding hydrogens is 276 g/mol. The van der Waals surface area contributed by atoms with Gasteiger partial charge in [0.2, 0.25) is 0 Å². The van der Waals surface area contributed by atoms with Crippen LogP contribution in [0.5, 0.6) is 0 Å². The van der Waals surface area contributed by atoms with Crippen LogP contribution in [0.3, 0.4) is 0 Å². The van der Waals surface area contributed by atoms with Crippen LogP contribution in [0, 0.1) is 0 Å². The summed E-state index contributed by atoms with van der Waals surface area (Å²) in [6.07, 6.45) is 4.80. The molecule has 0 amide bonds. The Hall–Kier alpha value is -1.53. The molecule has 2 aromatic rings. The third-order valence-electron chi connectivity index (χ3n) is 3.59. The standard InChI is InChI=1S/C14H16N2O3S/c1-19-7-6-10-15-12(14(17)18)11-8-4-2-3-5-9(8)20-13(11)16-10/h2-7H2,1H3,(H,17,18). The third-order valence-corrected chi connectivity index (χ3v) is 4.78. The fraction of sp³-hybridized carbons (Fsp3) is 0.500. The Bertz CT molecular complexity index is 666. The van der Waals surface area contributed by atoms with Crippen molar-refractivity contribution in [2.75, 3.05) is 13.7 Å². The number of hydrogen-bond acceptors (Lipinski definition) is 5. The molecular formula is C14H16N2O3S. The first-order chi connectivity index (χ1) is 9.70. The van der Waals surface area contributed by atoms with Crippen LogP contribution in [0.15, 0.2) is 0 Å². The minimum Gasteiger partial charge on any atom is -0.476 e. The molecule has 0 bridgehead atoms. The lowest BCUT2D eigenvalue weighted by Crippen LogP contribution is -2.09. The van der Waals surface area contributed by atoms with Crippen molar-refractivity contribution in [3.8, 4) is 0 Å². The molecule has 106 valence electrons. The van der Waals surface area contributed by atoms with Gasteiger partial charge in [-0.2, -0.15) is 0 Å². The summed E-state index contributed by atoms with van der Waals surface area (Å²) < 4.78 is 5.02. The lowest BCUT2D eigenvalue weighted by atomic mass is 9.96. The van der Waals surface area contributed by atoms with Crippen molar-refractivity contribution in [2.24, 2.45) is 0 Å². The van der Waals surface area contributed by atoms with E-state index >= 15 is 0 Å². The van der Waals surface area contributed by atoms with Crippen LogP contribution in [0.25, 0.3) is 10.2 Å². The molecule has 6 heteroatoms. The first-order valence-electron chi connectivity index (χ1n) is 6.74. The van der Waals surface area contributed by atoms with Gasteiger partial charge in [-0.05, 0) is 31.2 Å². The molecule has 2 aromatic heterocycles. The van der Waals surface area contributed by atoms with Crippen LogP contribution >= 0.6 is 11.3 Å². The van der Waals surface area contributed by atoms with E-state index in [2.05, 4.69) is 9.97 Å². The molecule has 0 radical (unpaired) electrons. The number of nitrogens with zero attached hydrogens (tertiary/aromatic N) is 2. The molecule has 1 aliphatic carbocycles. The van der Waals surface area contributed by atoms with Crippen LogP contribution in [0.2, 0.25) is 0 Å². The summed E-state index contributed by atoms with van der Waals surface area (Å²) in [6, 6.07) is 0. The molecule has 3 rings (SSSR count). The lowest BCUT2D eigenvalue weighted by molar-refractivity contribution is 0.0692. The van der Waals surface area contributed by atoms with Gasteiger partial charge in [0.1, 0.15) is 10.7 Å². The largest absolute Gasteiger partial charge is 0.476 e. The Morgan fingerprint density at radius 3 is 2.90 bits per heavy atom. The van der Waals surface area contributed by atoms with Crippen LogP contribution in [0.4, 0.5) is 0 Å². The second kappa shape index (κ2) is 5.46. The van der Waals surface area contributed by atoms with Gasteiger partial charge in [-0.1, -0.05) is 0 Å². The van der Waals surface area contributed by atoms with Gasteiger partial charge >= 0.3 is 5.97 Å². The topological polar surface area (TPSA) is 72.3 Å². The highest BCUT2D eigenvalue weighted by Gasteiger charge is 2.23. The first kappa shape index (κ1) is 13.5. The summed E-state index contributed by atoms with van der Waals surface area (Å²) in [6.45, 7) is 0.496. The van der Waals surface area contributed by atoms with Crippen LogP contribution in [-0.4, -0.2) is 34.8 Å². The van der Waals surface area contributed by atoms with E-state index in [4.69, 9.17) is 4.74 Å². The highest BCUT2D eigenvalue weighted by Crippen LogP contribution is 2.36. The van der Waals surface area contributed by atoms with Crippen molar-refractivity contribution >= 4 is 27.5 Å². The van der Waals surface area contributed by atoms with E-state index in [9.17, 15) is 9.90 Å². The monoisotopic (exact) mass is 292 g/mol. The highest BCUT2D eigenvalue weighted by molar-refractivity contribution is 7.18. The molecule has 0 aromatic carbocycles. The number of carboxylic acid groups (broad SMARTS) is 1. The van der Waals surface area contributed by atoms with Gasteiger partial charge in [0.15, 0.2) is 5.69 Å². The maximum Gasteiger partial charge on any atom is 0.355 e. The molecule has 2 heterocycles. The molecule has 0 aliphatic heterocycles. The van der Waals surface area contributed by atoms with Crippen molar-refractivity contribution < 1.29 is 14.6 Å². The number of fused-ring (bicyclic) bond motifs is 3. The Labute approximate surface area is 120 Å². The number of thiophene rings is 1. The number of aromatic nitrogens is 2. The quantitative estimate of drug-likeness (QED) is 0.937. The fourth-order valence-corrected chi connectivity index (χ4v) is 3.94. The molecule has 0 saturated carbocycles.